The van der Waals surface area contributed by atoms with E-state index in [1.807, 2.05) is 0 Å². The van der Waals surface area contributed by atoms with E-state index in [9.17, 15) is 4.79 Å². The summed E-state index contributed by atoms with van der Waals surface area (Å²) in [5.74, 6) is 0.978. The second kappa shape index (κ2) is 7.20. The Labute approximate surface area is 97.7 Å². The number of nitrogens with zero attached hydrogens (tertiary/aromatic N) is 1. The summed E-state index contributed by atoms with van der Waals surface area (Å²) in [6.45, 7) is 3.77. The minimum Gasteiger partial charge on any atom is -0.348 e. The largest absolute Gasteiger partial charge is 0.348 e. The quantitative estimate of drug-likeness (QED) is 0.540. The third kappa shape index (κ3) is 4.60. The molecule has 0 aliphatic carbocycles. The van der Waals surface area contributed by atoms with Crippen LogP contribution < -0.4 is 0 Å². The summed E-state index contributed by atoms with van der Waals surface area (Å²) in [4.78, 5) is 18.3. The van der Waals surface area contributed by atoms with Crippen molar-refractivity contribution in [1.29, 1.82) is 0 Å². The van der Waals surface area contributed by atoms with E-state index >= 15 is 0 Å². The van der Waals surface area contributed by atoms with Crippen molar-refractivity contribution in [2.24, 2.45) is 0 Å². The van der Waals surface area contributed by atoms with Crippen molar-refractivity contribution >= 4 is 5.78 Å². The minimum absolute atomic E-state index is 0.0328. The van der Waals surface area contributed by atoms with Gasteiger partial charge in [-0.25, -0.2) is 4.98 Å². The Morgan fingerprint density at radius 3 is 2.56 bits per heavy atom. The van der Waals surface area contributed by atoms with Gasteiger partial charge in [0.2, 0.25) is 0 Å². The van der Waals surface area contributed by atoms with Crippen LogP contribution in [0.25, 0.3) is 0 Å². The molecule has 0 aliphatic rings. The van der Waals surface area contributed by atoms with Crippen LogP contribution >= 0.6 is 0 Å². The van der Waals surface area contributed by atoms with Gasteiger partial charge in [-0.1, -0.05) is 39.0 Å². The summed E-state index contributed by atoms with van der Waals surface area (Å²) < 4.78 is 0. The first-order chi connectivity index (χ1) is 7.74. The number of imidazole rings is 1. The van der Waals surface area contributed by atoms with Crippen LogP contribution in [0.1, 0.15) is 68.7 Å². The highest BCUT2D eigenvalue weighted by atomic mass is 16.1. The van der Waals surface area contributed by atoms with E-state index in [0.717, 1.165) is 18.7 Å². The van der Waals surface area contributed by atoms with E-state index in [0.29, 0.717) is 5.69 Å². The standard InChI is InChI=1S/C13H22N2O/c1-3-4-5-6-7-8-9-13-14-10-12(15-13)11(2)16/h10H,3-9H2,1-2H3,(H,14,15). The molecule has 0 radical (unpaired) electrons. The molecule has 0 bridgehead atoms. The molecular formula is C13H22N2O. The monoisotopic (exact) mass is 222 g/mol. The van der Waals surface area contributed by atoms with Crippen molar-refractivity contribution in [3.05, 3.63) is 17.7 Å². The first kappa shape index (κ1) is 12.9. The Morgan fingerprint density at radius 2 is 1.94 bits per heavy atom. The number of rotatable bonds is 8. The number of hydrogen-bond acceptors (Lipinski definition) is 2. The molecule has 3 nitrogen and oxygen atoms in total. The van der Waals surface area contributed by atoms with Gasteiger partial charge in [0, 0.05) is 19.5 Å². The molecule has 0 unspecified atom stereocenters. The fraction of sp³-hybridized carbons (Fsp3) is 0.692. The predicted molar refractivity (Wildman–Crippen MR) is 65.7 cm³/mol. The van der Waals surface area contributed by atoms with Crippen LogP contribution in [0.4, 0.5) is 0 Å². The van der Waals surface area contributed by atoms with Gasteiger partial charge in [0.1, 0.15) is 11.5 Å². The molecule has 0 aliphatic heterocycles. The zero-order valence-electron chi connectivity index (χ0n) is 10.4. The van der Waals surface area contributed by atoms with E-state index in [-0.39, 0.29) is 5.78 Å². The SMILES string of the molecule is CCCCCCCCc1nc(C(C)=O)c[nH]1. The van der Waals surface area contributed by atoms with Gasteiger partial charge in [0.15, 0.2) is 5.78 Å². The molecule has 0 atom stereocenters. The number of aromatic amines is 1. The van der Waals surface area contributed by atoms with Crippen molar-refractivity contribution in [2.45, 2.75) is 58.8 Å². The lowest BCUT2D eigenvalue weighted by Gasteiger charge is -1.98. The van der Waals surface area contributed by atoms with Crippen LogP contribution in [0.2, 0.25) is 0 Å². The topological polar surface area (TPSA) is 45.8 Å². The number of unbranched alkanes of at least 4 members (excludes halogenated alkanes) is 5. The maximum absolute atomic E-state index is 11.0. The number of aryl methyl sites for hydroxylation is 1. The molecule has 0 aromatic carbocycles. The summed E-state index contributed by atoms with van der Waals surface area (Å²) >= 11 is 0. The van der Waals surface area contributed by atoms with Gasteiger partial charge in [-0.05, 0) is 6.42 Å². The minimum atomic E-state index is 0.0328. The molecular weight excluding hydrogens is 200 g/mol. The second-order valence-electron chi connectivity index (χ2n) is 4.31. The summed E-state index contributed by atoms with van der Waals surface area (Å²) in [5.41, 5.74) is 0.556. The van der Waals surface area contributed by atoms with Gasteiger partial charge in [-0.3, -0.25) is 4.79 Å². The first-order valence-corrected chi connectivity index (χ1v) is 6.29. The van der Waals surface area contributed by atoms with E-state index in [4.69, 9.17) is 0 Å². The molecule has 16 heavy (non-hydrogen) atoms. The number of ketones is 1. The molecule has 90 valence electrons. The molecule has 1 rings (SSSR count). The molecule has 0 saturated carbocycles. The van der Waals surface area contributed by atoms with E-state index in [1.54, 1.807) is 13.1 Å². The number of carbonyl (C=O) groups excluding carboxylic acids is 1. The van der Waals surface area contributed by atoms with Gasteiger partial charge < -0.3 is 4.98 Å². The van der Waals surface area contributed by atoms with Crippen LogP contribution in [0.15, 0.2) is 6.20 Å². The Hall–Kier alpha value is -1.12. The van der Waals surface area contributed by atoms with Crippen molar-refractivity contribution in [3.8, 4) is 0 Å². The highest BCUT2D eigenvalue weighted by Gasteiger charge is 2.04. The summed E-state index contributed by atoms with van der Waals surface area (Å²) in [5, 5.41) is 0. The lowest BCUT2D eigenvalue weighted by Crippen LogP contribution is -1.93. The third-order valence-corrected chi connectivity index (χ3v) is 2.76. The van der Waals surface area contributed by atoms with E-state index in [1.165, 1.54) is 32.1 Å². The third-order valence-electron chi connectivity index (χ3n) is 2.76. The highest BCUT2D eigenvalue weighted by molar-refractivity contribution is 5.91. The summed E-state index contributed by atoms with van der Waals surface area (Å²) in [6.07, 6.45) is 10.4. The van der Waals surface area contributed by atoms with Gasteiger partial charge in [0.25, 0.3) is 0 Å². The van der Waals surface area contributed by atoms with Gasteiger partial charge in [-0.15, -0.1) is 0 Å². The molecule has 0 fully saturated rings. The van der Waals surface area contributed by atoms with Crippen molar-refractivity contribution < 1.29 is 4.79 Å². The molecule has 0 saturated heterocycles. The van der Waals surface area contributed by atoms with Crippen LogP contribution in [0.5, 0.6) is 0 Å². The van der Waals surface area contributed by atoms with Crippen LogP contribution in [-0.2, 0) is 6.42 Å². The molecule has 1 aromatic rings. The highest BCUT2D eigenvalue weighted by Crippen LogP contribution is 2.08. The number of Topliss-reactive ketones (excluding diaryl/α,β-unsaturated/α-hetero) is 1. The average Bonchev–Trinajstić information content (AvgIpc) is 2.72. The van der Waals surface area contributed by atoms with Crippen molar-refractivity contribution in [1.82, 2.24) is 9.97 Å². The summed E-state index contributed by atoms with van der Waals surface area (Å²) in [6, 6.07) is 0. The second-order valence-corrected chi connectivity index (χ2v) is 4.31. The van der Waals surface area contributed by atoms with Crippen LogP contribution in [0.3, 0.4) is 0 Å². The smallest absolute Gasteiger partial charge is 0.179 e. The molecule has 1 aromatic heterocycles. The zero-order valence-corrected chi connectivity index (χ0v) is 10.4. The molecule has 1 N–H and O–H groups in total. The van der Waals surface area contributed by atoms with Crippen molar-refractivity contribution in [3.63, 3.8) is 0 Å². The van der Waals surface area contributed by atoms with E-state index < -0.39 is 0 Å². The number of carbonyl (C=O) groups is 1. The number of hydrogen-bond donors (Lipinski definition) is 1. The van der Waals surface area contributed by atoms with Crippen molar-refractivity contribution in [2.75, 3.05) is 0 Å². The van der Waals surface area contributed by atoms with Gasteiger partial charge in [0.05, 0.1) is 0 Å². The van der Waals surface area contributed by atoms with E-state index in [2.05, 4.69) is 16.9 Å². The van der Waals surface area contributed by atoms with Crippen LogP contribution in [0, 0.1) is 0 Å². The van der Waals surface area contributed by atoms with Crippen LogP contribution in [-0.4, -0.2) is 15.8 Å². The molecule has 3 heteroatoms. The van der Waals surface area contributed by atoms with Gasteiger partial charge in [-0.2, -0.15) is 0 Å². The normalized spacial score (nSPS) is 10.6. The Kier molecular flexibility index (Phi) is 5.83. The maximum Gasteiger partial charge on any atom is 0.179 e. The Morgan fingerprint density at radius 1 is 1.25 bits per heavy atom. The lowest BCUT2D eigenvalue weighted by atomic mass is 10.1. The fourth-order valence-electron chi connectivity index (χ4n) is 1.74. The first-order valence-electron chi connectivity index (χ1n) is 6.29. The lowest BCUT2D eigenvalue weighted by molar-refractivity contribution is 0.101. The summed E-state index contributed by atoms with van der Waals surface area (Å²) in [7, 11) is 0. The maximum atomic E-state index is 11.0. The number of aromatic nitrogens is 2. The Balaban J connectivity index is 2.14. The molecule has 0 amide bonds. The molecule has 0 spiro atoms. The zero-order chi connectivity index (χ0) is 11.8. The fourth-order valence-corrected chi connectivity index (χ4v) is 1.74. The predicted octanol–water partition coefficient (Wildman–Crippen LogP) is 3.52. The average molecular weight is 222 g/mol. The Bertz CT molecular complexity index is 317. The number of nitrogens with one attached hydrogen (secondary N) is 1. The number of H-pyrrole nitrogens is 1. The molecule has 1 heterocycles. The van der Waals surface area contributed by atoms with Gasteiger partial charge >= 0.3 is 0 Å².